The molecule has 1 aromatic rings. The van der Waals surface area contributed by atoms with Gasteiger partial charge in [0.15, 0.2) is 0 Å². The number of likely N-dealkylation sites (N-methyl/N-ethyl adjacent to an activating group) is 1. The molecule has 1 aliphatic carbocycles. The molecule has 0 aliphatic heterocycles. The number of nitrogens with one attached hydrogen (secondary N) is 1. The van der Waals surface area contributed by atoms with Crippen LogP contribution in [0.4, 0.5) is 5.69 Å². The molecule has 0 saturated heterocycles. The van der Waals surface area contributed by atoms with Gasteiger partial charge in [0.05, 0.1) is 12.5 Å². The van der Waals surface area contributed by atoms with E-state index in [1.54, 1.807) is 0 Å². The topological polar surface area (TPSA) is 86.7 Å². The van der Waals surface area contributed by atoms with Crippen LogP contribution in [0.2, 0.25) is 0 Å². The average Bonchev–Trinajstić information content (AvgIpc) is 3.06. The maximum Gasteiger partial charge on any atom is 0.306 e. The molecule has 1 fully saturated rings. The number of hydrogen-bond donors (Lipinski definition) is 2. The third kappa shape index (κ3) is 4.59. The van der Waals surface area contributed by atoms with Crippen LogP contribution in [-0.2, 0) is 14.4 Å². The highest BCUT2D eigenvalue weighted by Crippen LogP contribution is 2.32. The van der Waals surface area contributed by atoms with Crippen molar-refractivity contribution in [1.29, 1.82) is 0 Å². The first-order chi connectivity index (χ1) is 11.8. The fourth-order valence-corrected chi connectivity index (χ4v) is 3.40. The summed E-state index contributed by atoms with van der Waals surface area (Å²) in [5, 5.41) is 12.0. The Hall–Kier alpha value is -2.37. The SMILES string of the molecule is CCN(CC(=O)Nc1c(C)cccc1C)C(=O)[C@@H]1CC[C@H](C(=O)O)C1. The van der Waals surface area contributed by atoms with Crippen LogP contribution in [0, 0.1) is 25.7 Å². The summed E-state index contributed by atoms with van der Waals surface area (Å²) >= 11 is 0. The molecule has 0 bridgehead atoms. The van der Waals surface area contributed by atoms with Crippen molar-refractivity contribution in [1.82, 2.24) is 4.90 Å². The van der Waals surface area contributed by atoms with Gasteiger partial charge in [-0.2, -0.15) is 0 Å². The van der Waals surface area contributed by atoms with Gasteiger partial charge >= 0.3 is 5.97 Å². The Morgan fingerprint density at radius 3 is 2.28 bits per heavy atom. The Balaban J connectivity index is 1.98. The fourth-order valence-electron chi connectivity index (χ4n) is 3.40. The number of rotatable bonds is 6. The van der Waals surface area contributed by atoms with Gasteiger partial charge < -0.3 is 15.3 Å². The summed E-state index contributed by atoms with van der Waals surface area (Å²) < 4.78 is 0. The first-order valence-corrected chi connectivity index (χ1v) is 8.71. The largest absolute Gasteiger partial charge is 0.481 e. The number of aryl methyl sites for hydroxylation is 2. The quantitative estimate of drug-likeness (QED) is 0.829. The molecule has 0 radical (unpaired) electrons. The van der Waals surface area contributed by atoms with Gasteiger partial charge in [0.2, 0.25) is 11.8 Å². The molecule has 6 nitrogen and oxygen atoms in total. The predicted molar refractivity (Wildman–Crippen MR) is 95.3 cm³/mol. The average molecular weight is 346 g/mol. The number of aliphatic carboxylic acids is 1. The predicted octanol–water partition coefficient (Wildman–Crippen LogP) is 2.59. The third-order valence-corrected chi connectivity index (χ3v) is 4.90. The van der Waals surface area contributed by atoms with E-state index < -0.39 is 11.9 Å². The van der Waals surface area contributed by atoms with Crippen LogP contribution in [0.25, 0.3) is 0 Å². The Morgan fingerprint density at radius 1 is 1.16 bits per heavy atom. The first kappa shape index (κ1) is 19.0. The van der Waals surface area contributed by atoms with Crippen LogP contribution in [0.1, 0.15) is 37.3 Å². The van der Waals surface area contributed by atoms with E-state index in [2.05, 4.69) is 5.32 Å². The molecule has 2 amide bonds. The molecule has 2 rings (SSSR count). The van der Waals surface area contributed by atoms with Gasteiger partial charge in [0.25, 0.3) is 0 Å². The molecule has 136 valence electrons. The minimum absolute atomic E-state index is 0.0165. The van der Waals surface area contributed by atoms with Gasteiger partial charge in [-0.25, -0.2) is 0 Å². The highest BCUT2D eigenvalue weighted by atomic mass is 16.4. The molecule has 1 aliphatic rings. The van der Waals surface area contributed by atoms with E-state index in [9.17, 15) is 14.4 Å². The molecule has 0 aromatic heterocycles. The molecular formula is C19H26N2O4. The van der Waals surface area contributed by atoms with E-state index in [0.29, 0.717) is 25.8 Å². The Kier molecular flexibility index (Phi) is 6.17. The van der Waals surface area contributed by atoms with Crippen LogP contribution in [0.3, 0.4) is 0 Å². The molecule has 25 heavy (non-hydrogen) atoms. The van der Waals surface area contributed by atoms with Crippen molar-refractivity contribution in [2.24, 2.45) is 11.8 Å². The molecule has 2 N–H and O–H groups in total. The monoisotopic (exact) mass is 346 g/mol. The van der Waals surface area contributed by atoms with Gasteiger partial charge in [-0.3, -0.25) is 14.4 Å². The highest BCUT2D eigenvalue weighted by molar-refractivity contribution is 5.96. The van der Waals surface area contributed by atoms with E-state index in [-0.39, 0.29) is 24.3 Å². The Bertz CT molecular complexity index is 651. The third-order valence-electron chi connectivity index (χ3n) is 4.90. The first-order valence-electron chi connectivity index (χ1n) is 8.71. The number of hydrogen-bond acceptors (Lipinski definition) is 3. The van der Waals surface area contributed by atoms with Crippen molar-refractivity contribution in [2.75, 3.05) is 18.4 Å². The van der Waals surface area contributed by atoms with Crippen LogP contribution in [0.15, 0.2) is 18.2 Å². The minimum Gasteiger partial charge on any atom is -0.481 e. The number of anilines is 1. The lowest BCUT2D eigenvalue weighted by Crippen LogP contribution is -2.41. The van der Waals surface area contributed by atoms with E-state index in [1.807, 2.05) is 39.0 Å². The van der Waals surface area contributed by atoms with E-state index in [0.717, 1.165) is 16.8 Å². The summed E-state index contributed by atoms with van der Waals surface area (Å²) in [5.74, 6) is -1.94. The highest BCUT2D eigenvalue weighted by Gasteiger charge is 2.35. The van der Waals surface area contributed by atoms with Crippen molar-refractivity contribution < 1.29 is 19.5 Å². The lowest BCUT2D eigenvalue weighted by atomic mass is 10.0. The van der Waals surface area contributed by atoms with Gasteiger partial charge in [-0.05, 0) is 51.2 Å². The molecule has 0 heterocycles. The number of carboxylic acids is 1. The van der Waals surface area contributed by atoms with E-state index >= 15 is 0 Å². The number of carboxylic acid groups (broad SMARTS) is 1. The van der Waals surface area contributed by atoms with Crippen molar-refractivity contribution >= 4 is 23.5 Å². The number of benzene rings is 1. The standard InChI is InChI=1S/C19H26N2O4/c1-4-21(18(23)14-8-9-15(10-14)19(24)25)11-16(22)20-17-12(2)6-5-7-13(17)3/h5-7,14-15H,4,8-11H2,1-3H3,(H,20,22)(H,24,25)/t14-,15+/m1/s1. The van der Waals surface area contributed by atoms with Crippen molar-refractivity contribution in [3.8, 4) is 0 Å². The van der Waals surface area contributed by atoms with Crippen LogP contribution >= 0.6 is 0 Å². The molecule has 0 spiro atoms. The zero-order chi connectivity index (χ0) is 18.6. The van der Waals surface area contributed by atoms with Crippen molar-refractivity contribution in [3.05, 3.63) is 29.3 Å². The van der Waals surface area contributed by atoms with E-state index in [1.165, 1.54) is 4.90 Å². The lowest BCUT2D eigenvalue weighted by Gasteiger charge is -2.24. The van der Waals surface area contributed by atoms with Gasteiger partial charge in [-0.15, -0.1) is 0 Å². The summed E-state index contributed by atoms with van der Waals surface area (Å²) in [4.78, 5) is 37.6. The van der Waals surface area contributed by atoms with E-state index in [4.69, 9.17) is 5.11 Å². The van der Waals surface area contributed by atoms with Crippen molar-refractivity contribution in [3.63, 3.8) is 0 Å². The Morgan fingerprint density at radius 2 is 1.76 bits per heavy atom. The summed E-state index contributed by atoms with van der Waals surface area (Å²) in [6.07, 6.45) is 1.46. The molecule has 0 unspecified atom stereocenters. The number of carbonyl (C=O) groups is 3. The summed E-state index contributed by atoms with van der Waals surface area (Å²) in [6, 6.07) is 5.78. The zero-order valence-corrected chi connectivity index (χ0v) is 15.0. The number of para-hydroxylation sites is 1. The molecule has 6 heteroatoms. The lowest BCUT2D eigenvalue weighted by molar-refractivity contribution is -0.142. The second-order valence-electron chi connectivity index (χ2n) is 6.71. The number of nitrogens with zero attached hydrogens (tertiary/aromatic N) is 1. The zero-order valence-electron chi connectivity index (χ0n) is 15.0. The Labute approximate surface area is 148 Å². The summed E-state index contributed by atoms with van der Waals surface area (Å²) in [5.41, 5.74) is 2.73. The maximum absolute atomic E-state index is 12.6. The van der Waals surface area contributed by atoms with Gasteiger partial charge in [0, 0.05) is 18.2 Å². The molecule has 2 atom stereocenters. The normalized spacial score (nSPS) is 19.5. The number of carbonyl (C=O) groups excluding carboxylic acids is 2. The second-order valence-corrected chi connectivity index (χ2v) is 6.71. The van der Waals surface area contributed by atoms with Gasteiger partial charge in [0.1, 0.15) is 0 Å². The van der Waals surface area contributed by atoms with Crippen LogP contribution in [-0.4, -0.2) is 40.9 Å². The fraction of sp³-hybridized carbons (Fsp3) is 0.526. The van der Waals surface area contributed by atoms with Crippen molar-refractivity contribution in [2.45, 2.75) is 40.0 Å². The smallest absolute Gasteiger partial charge is 0.306 e. The minimum atomic E-state index is -0.842. The van der Waals surface area contributed by atoms with Crippen LogP contribution < -0.4 is 5.32 Å². The molecule has 1 saturated carbocycles. The summed E-state index contributed by atoms with van der Waals surface area (Å²) in [6.45, 7) is 6.09. The number of amides is 2. The van der Waals surface area contributed by atoms with Crippen LogP contribution in [0.5, 0.6) is 0 Å². The molecular weight excluding hydrogens is 320 g/mol. The molecule has 1 aromatic carbocycles. The summed E-state index contributed by atoms with van der Waals surface area (Å²) in [7, 11) is 0. The maximum atomic E-state index is 12.6. The second kappa shape index (κ2) is 8.14. The van der Waals surface area contributed by atoms with Gasteiger partial charge in [-0.1, -0.05) is 18.2 Å².